The van der Waals surface area contributed by atoms with Gasteiger partial charge < -0.3 is 14.2 Å². The number of rotatable bonds is 7. The van der Waals surface area contributed by atoms with Crippen LogP contribution in [0.15, 0.2) is 41.3 Å². The maximum Gasteiger partial charge on any atom is 0.269 e. The second-order valence-electron chi connectivity index (χ2n) is 7.85. The number of sulfonamides is 1. The molecule has 2 N–H and O–H groups in total. The number of hydrogen-bond acceptors (Lipinski definition) is 9. The standard InChI is InChI=1S/C22H26N4O6S2/c1-13-11-26(12-14(2)32-13)34(28,29)16-7-5-15(6-8-16)21(27)24-25-22-23-19-17(30-3)9-10-18(31-4)20(19)33-22/h5-10,13-14H,11-12H2,1-4H3,(H,23,25)(H,24,27)/t13-,14+. The largest absolute Gasteiger partial charge is 0.495 e. The molecule has 0 bridgehead atoms. The van der Waals surface area contributed by atoms with Gasteiger partial charge in [0, 0.05) is 18.7 Å². The topological polar surface area (TPSA) is 119 Å². The first-order valence-electron chi connectivity index (χ1n) is 10.6. The van der Waals surface area contributed by atoms with Crippen LogP contribution in [0.1, 0.15) is 24.2 Å². The van der Waals surface area contributed by atoms with E-state index in [1.165, 1.54) is 39.9 Å². The number of hydrazine groups is 1. The van der Waals surface area contributed by atoms with E-state index in [9.17, 15) is 13.2 Å². The first-order chi connectivity index (χ1) is 16.2. The van der Waals surface area contributed by atoms with Crippen LogP contribution in [0.4, 0.5) is 5.13 Å². The molecule has 0 radical (unpaired) electrons. The lowest BCUT2D eigenvalue weighted by Crippen LogP contribution is -2.48. The van der Waals surface area contributed by atoms with E-state index >= 15 is 0 Å². The summed E-state index contributed by atoms with van der Waals surface area (Å²) < 4.78 is 44.5. The number of nitrogens with zero attached hydrogens (tertiary/aromatic N) is 2. The molecule has 1 saturated heterocycles. The van der Waals surface area contributed by atoms with Gasteiger partial charge in [-0.05, 0) is 50.2 Å². The minimum Gasteiger partial charge on any atom is -0.495 e. The molecule has 1 aliphatic heterocycles. The number of ether oxygens (including phenoxy) is 3. The quantitative estimate of drug-likeness (QED) is 0.470. The maximum atomic E-state index is 13.0. The molecule has 2 atom stereocenters. The van der Waals surface area contributed by atoms with E-state index in [2.05, 4.69) is 15.8 Å². The molecule has 2 aromatic carbocycles. The van der Waals surface area contributed by atoms with Gasteiger partial charge in [0.05, 0.1) is 31.3 Å². The molecule has 1 aromatic heterocycles. The molecule has 34 heavy (non-hydrogen) atoms. The van der Waals surface area contributed by atoms with Gasteiger partial charge in [-0.2, -0.15) is 4.31 Å². The van der Waals surface area contributed by atoms with Crippen LogP contribution in [-0.2, 0) is 14.8 Å². The number of morpholine rings is 1. The first kappa shape index (κ1) is 24.2. The molecular weight excluding hydrogens is 480 g/mol. The Bertz CT molecular complexity index is 1240. The number of aromatic nitrogens is 1. The summed E-state index contributed by atoms with van der Waals surface area (Å²) in [6.07, 6.45) is -0.366. The Morgan fingerprint density at radius 2 is 1.68 bits per heavy atom. The van der Waals surface area contributed by atoms with Crippen molar-refractivity contribution in [2.45, 2.75) is 31.0 Å². The number of carbonyl (C=O) groups excluding carboxylic acids is 1. The van der Waals surface area contributed by atoms with Crippen LogP contribution in [0.5, 0.6) is 11.5 Å². The van der Waals surface area contributed by atoms with Crippen LogP contribution in [-0.4, -0.2) is 63.1 Å². The lowest BCUT2D eigenvalue weighted by molar-refractivity contribution is -0.0440. The van der Waals surface area contributed by atoms with Crippen molar-refractivity contribution in [1.29, 1.82) is 0 Å². The van der Waals surface area contributed by atoms with Gasteiger partial charge in [0.1, 0.15) is 21.7 Å². The molecule has 10 nitrogen and oxygen atoms in total. The predicted molar refractivity (Wildman–Crippen MR) is 129 cm³/mol. The number of hydrogen-bond donors (Lipinski definition) is 2. The third kappa shape index (κ3) is 4.80. The van der Waals surface area contributed by atoms with Crippen molar-refractivity contribution in [3.05, 3.63) is 42.0 Å². The van der Waals surface area contributed by atoms with E-state index in [4.69, 9.17) is 14.2 Å². The van der Waals surface area contributed by atoms with Crippen molar-refractivity contribution in [3.8, 4) is 11.5 Å². The second kappa shape index (κ2) is 9.74. The van der Waals surface area contributed by atoms with Crippen molar-refractivity contribution >= 4 is 42.6 Å². The van der Waals surface area contributed by atoms with Gasteiger partial charge in [0.2, 0.25) is 15.2 Å². The molecule has 2 heterocycles. The summed E-state index contributed by atoms with van der Waals surface area (Å²) in [5.41, 5.74) is 6.30. The Morgan fingerprint density at radius 1 is 1.06 bits per heavy atom. The van der Waals surface area contributed by atoms with Crippen LogP contribution >= 0.6 is 11.3 Å². The lowest BCUT2D eigenvalue weighted by Gasteiger charge is -2.34. The molecule has 0 saturated carbocycles. The number of benzene rings is 2. The SMILES string of the molecule is COc1ccc(OC)c2sc(NNC(=O)c3ccc(S(=O)(=O)N4C[C@@H](C)O[C@@H](C)C4)cc3)nc12. The average molecular weight is 507 g/mol. The molecular formula is C22H26N4O6S2. The van der Waals surface area contributed by atoms with Crippen LogP contribution in [0, 0.1) is 0 Å². The zero-order valence-corrected chi connectivity index (χ0v) is 20.8. The van der Waals surface area contributed by atoms with Crippen LogP contribution < -0.4 is 20.3 Å². The number of anilines is 1. The third-order valence-electron chi connectivity index (χ3n) is 5.33. The summed E-state index contributed by atoms with van der Waals surface area (Å²) in [7, 11) is -0.555. The fourth-order valence-electron chi connectivity index (χ4n) is 3.78. The zero-order valence-electron chi connectivity index (χ0n) is 19.2. The third-order valence-corrected chi connectivity index (χ3v) is 8.16. The number of fused-ring (bicyclic) bond motifs is 1. The molecule has 182 valence electrons. The van der Waals surface area contributed by atoms with Gasteiger partial charge >= 0.3 is 0 Å². The number of carbonyl (C=O) groups is 1. The van der Waals surface area contributed by atoms with Crippen molar-refractivity contribution in [2.75, 3.05) is 32.7 Å². The zero-order chi connectivity index (χ0) is 24.5. The van der Waals surface area contributed by atoms with E-state index in [0.717, 1.165) is 4.70 Å². The van der Waals surface area contributed by atoms with Gasteiger partial charge in [0.25, 0.3) is 5.91 Å². The Labute approximate surface area is 201 Å². The molecule has 1 aliphatic rings. The maximum absolute atomic E-state index is 13.0. The fraction of sp³-hybridized carbons (Fsp3) is 0.364. The Kier molecular flexibility index (Phi) is 6.94. The van der Waals surface area contributed by atoms with E-state index in [1.54, 1.807) is 26.4 Å². The summed E-state index contributed by atoms with van der Waals surface area (Å²) >= 11 is 1.30. The van der Waals surface area contributed by atoms with Gasteiger partial charge in [-0.1, -0.05) is 11.3 Å². The molecule has 1 amide bonds. The fourth-order valence-corrected chi connectivity index (χ4v) is 6.29. The minimum atomic E-state index is -3.68. The molecule has 0 unspecified atom stereocenters. The van der Waals surface area contributed by atoms with Gasteiger partial charge in [0.15, 0.2) is 0 Å². The lowest BCUT2D eigenvalue weighted by atomic mass is 10.2. The highest BCUT2D eigenvalue weighted by Gasteiger charge is 2.32. The second-order valence-corrected chi connectivity index (χ2v) is 10.8. The highest BCUT2D eigenvalue weighted by atomic mass is 32.2. The summed E-state index contributed by atoms with van der Waals surface area (Å²) in [4.78, 5) is 17.2. The number of amides is 1. The highest BCUT2D eigenvalue weighted by molar-refractivity contribution is 7.89. The van der Waals surface area contributed by atoms with E-state index in [0.29, 0.717) is 27.7 Å². The summed E-state index contributed by atoms with van der Waals surface area (Å²) in [5.74, 6) is 0.802. The van der Waals surface area contributed by atoms with E-state index < -0.39 is 15.9 Å². The average Bonchev–Trinajstić information content (AvgIpc) is 3.25. The van der Waals surface area contributed by atoms with Gasteiger partial charge in [-0.25, -0.2) is 13.4 Å². The molecule has 0 aliphatic carbocycles. The van der Waals surface area contributed by atoms with Crippen molar-refractivity contribution < 1.29 is 27.4 Å². The molecule has 1 fully saturated rings. The smallest absolute Gasteiger partial charge is 0.269 e. The first-order valence-corrected chi connectivity index (χ1v) is 12.8. The van der Waals surface area contributed by atoms with Crippen LogP contribution in [0.2, 0.25) is 0 Å². The predicted octanol–water partition coefficient (Wildman–Crippen LogP) is 2.87. The summed E-state index contributed by atoms with van der Waals surface area (Å²) in [5, 5.41) is 0.445. The number of methoxy groups -OCH3 is 2. The highest BCUT2D eigenvalue weighted by Crippen LogP contribution is 2.38. The summed E-state index contributed by atoms with van der Waals surface area (Å²) in [6, 6.07) is 9.36. The minimum absolute atomic E-state index is 0.128. The van der Waals surface area contributed by atoms with Crippen molar-refractivity contribution in [2.24, 2.45) is 0 Å². The number of thiazole rings is 1. The van der Waals surface area contributed by atoms with Gasteiger partial charge in [-0.3, -0.25) is 15.6 Å². The Hall–Kier alpha value is -2.93. The van der Waals surface area contributed by atoms with Crippen molar-refractivity contribution in [3.63, 3.8) is 0 Å². The van der Waals surface area contributed by atoms with E-state index in [-0.39, 0.29) is 30.2 Å². The molecule has 3 aromatic rings. The van der Waals surface area contributed by atoms with Crippen LogP contribution in [0.25, 0.3) is 10.2 Å². The number of nitrogens with one attached hydrogen (secondary N) is 2. The Balaban J connectivity index is 1.45. The molecule has 4 rings (SSSR count). The molecule has 0 spiro atoms. The van der Waals surface area contributed by atoms with Gasteiger partial charge in [-0.15, -0.1) is 0 Å². The summed E-state index contributed by atoms with van der Waals surface area (Å²) in [6.45, 7) is 4.26. The normalized spacial score (nSPS) is 19.1. The Morgan fingerprint density at radius 3 is 2.29 bits per heavy atom. The van der Waals surface area contributed by atoms with Crippen molar-refractivity contribution in [1.82, 2.24) is 14.7 Å². The monoisotopic (exact) mass is 506 g/mol. The van der Waals surface area contributed by atoms with E-state index in [1.807, 2.05) is 13.8 Å². The van der Waals surface area contributed by atoms with Crippen LogP contribution in [0.3, 0.4) is 0 Å². The molecule has 12 heteroatoms.